The summed E-state index contributed by atoms with van der Waals surface area (Å²) in [5.41, 5.74) is -0.659. The number of rotatable bonds is 2. The van der Waals surface area contributed by atoms with Crippen LogP contribution in [0, 0.1) is 0 Å². The van der Waals surface area contributed by atoms with Gasteiger partial charge < -0.3 is 10.4 Å². The Balaban J connectivity index is 2.32. The van der Waals surface area contributed by atoms with E-state index in [1.54, 1.807) is 25.1 Å². The van der Waals surface area contributed by atoms with Gasteiger partial charge in [0.1, 0.15) is 0 Å². The molecule has 21 heavy (non-hydrogen) atoms. The van der Waals surface area contributed by atoms with Gasteiger partial charge in [0.15, 0.2) is 11.4 Å². The Hall–Kier alpha value is -1.62. The molecule has 110 valence electrons. The van der Waals surface area contributed by atoms with Crippen molar-refractivity contribution in [3.05, 3.63) is 51.7 Å². The van der Waals surface area contributed by atoms with Crippen molar-refractivity contribution in [2.24, 2.45) is 0 Å². The Morgan fingerprint density at radius 3 is 2.52 bits per heavy atom. The van der Waals surface area contributed by atoms with E-state index in [-0.39, 0.29) is 5.57 Å². The predicted octanol–water partition coefficient (Wildman–Crippen LogP) is 3.14. The van der Waals surface area contributed by atoms with Crippen LogP contribution in [-0.4, -0.2) is 22.3 Å². The van der Waals surface area contributed by atoms with Gasteiger partial charge in [-0.1, -0.05) is 23.2 Å². The SMILES string of the molecule is CC1=CC(=O)[C@@](C)(O)C(=O)/C1=C\Nc1ccc(Cl)c(Cl)c1. The van der Waals surface area contributed by atoms with Crippen LogP contribution in [0.3, 0.4) is 0 Å². The summed E-state index contributed by atoms with van der Waals surface area (Å²) in [5.74, 6) is -1.25. The van der Waals surface area contributed by atoms with Gasteiger partial charge in [0.25, 0.3) is 0 Å². The zero-order valence-corrected chi connectivity index (χ0v) is 12.9. The van der Waals surface area contributed by atoms with E-state index < -0.39 is 17.2 Å². The Kier molecular flexibility index (Phi) is 4.23. The highest BCUT2D eigenvalue weighted by Gasteiger charge is 2.42. The lowest BCUT2D eigenvalue weighted by Crippen LogP contribution is -2.46. The van der Waals surface area contributed by atoms with Crippen LogP contribution >= 0.6 is 23.2 Å². The monoisotopic (exact) mass is 325 g/mol. The van der Waals surface area contributed by atoms with E-state index in [1.165, 1.54) is 19.2 Å². The molecule has 1 aliphatic carbocycles. The zero-order valence-electron chi connectivity index (χ0n) is 11.4. The molecule has 0 bridgehead atoms. The molecule has 1 aliphatic rings. The lowest BCUT2D eigenvalue weighted by atomic mass is 9.82. The predicted molar refractivity (Wildman–Crippen MR) is 82.6 cm³/mol. The molecule has 0 unspecified atom stereocenters. The molecule has 0 heterocycles. The average Bonchev–Trinajstić information content (AvgIpc) is 2.41. The van der Waals surface area contributed by atoms with Crippen LogP contribution in [-0.2, 0) is 9.59 Å². The molecule has 1 atom stereocenters. The quantitative estimate of drug-likeness (QED) is 0.647. The van der Waals surface area contributed by atoms with Gasteiger partial charge >= 0.3 is 0 Å². The summed E-state index contributed by atoms with van der Waals surface area (Å²) in [6.45, 7) is 2.82. The fraction of sp³-hybridized carbons (Fsp3) is 0.200. The zero-order chi connectivity index (χ0) is 15.8. The molecule has 0 aromatic heterocycles. The van der Waals surface area contributed by atoms with Gasteiger partial charge in [0.05, 0.1) is 10.0 Å². The van der Waals surface area contributed by atoms with Crippen molar-refractivity contribution in [1.29, 1.82) is 0 Å². The van der Waals surface area contributed by atoms with Crippen molar-refractivity contribution in [2.45, 2.75) is 19.4 Å². The molecule has 4 nitrogen and oxygen atoms in total. The number of carbonyl (C=O) groups excluding carboxylic acids is 2. The number of benzene rings is 1. The van der Waals surface area contributed by atoms with Gasteiger partial charge in [-0.05, 0) is 43.7 Å². The van der Waals surface area contributed by atoms with Crippen molar-refractivity contribution in [1.82, 2.24) is 0 Å². The van der Waals surface area contributed by atoms with Crippen LogP contribution in [0.15, 0.2) is 41.6 Å². The summed E-state index contributed by atoms with van der Waals surface area (Å²) in [4.78, 5) is 23.8. The fourth-order valence-corrected chi connectivity index (χ4v) is 2.19. The number of Topliss-reactive ketones (excluding diaryl/α,β-unsaturated/α-hetero) is 1. The molecule has 1 aromatic rings. The van der Waals surface area contributed by atoms with Crippen LogP contribution in [0.5, 0.6) is 0 Å². The maximum absolute atomic E-state index is 12.1. The summed E-state index contributed by atoms with van der Waals surface area (Å²) in [5, 5.41) is 13.6. The number of carbonyl (C=O) groups is 2. The number of aliphatic hydroxyl groups is 1. The molecule has 0 spiro atoms. The van der Waals surface area contributed by atoms with E-state index in [2.05, 4.69) is 5.32 Å². The van der Waals surface area contributed by atoms with Gasteiger partial charge in [0.2, 0.25) is 5.78 Å². The normalized spacial score (nSPS) is 24.2. The molecular formula is C15H13Cl2NO3. The van der Waals surface area contributed by atoms with Gasteiger partial charge in [-0.2, -0.15) is 0 Å². The summed E-state index contributed by atoms with van der Waals surface area (Å²) in [6.07, 6.45) is 2.69. The topological polar surface area (TPSA) is 66.4 Å². The number of allylic oxidation sites excluding steroid dienone is 1. The fourth-order valence-electron chi connectivity index (χ4n) is 1.89. The van der Waals surface area contributed by atoms with E-state index in [1.807, 2.05) is 0 Å². The van der Waals surface area contributed by atoms with Gasteiger partial charge in [0, 0.05) is 17.5 Å². The molecule has 2 N–H and O–H groups in total. The second kappa shape index (κ2) is 5.64. The third-order valence-corrected chi connectivity index (χ3v) is 3.98. The third kappa shape index (κ3) is 3.02. The standard InChI is InChI=1S/C15H13Cl2NO3/c1-8-5-13(19)15(2,21)14(20)10(8)7-18-9-3-4-11(16)12(17)6-9/h3-7,18,21H,1-2H3/b10-7-/t15-/m1/s1. The summed E-state index contributed by atoms with van der Waals surface area (Å²) < 4.78 is 0. The van der Waals surface area contributed by atoms with Gasteiger partial charge in [-0.25, -0.2) is 0 Å². The lowest BCUT2D eigenvalue weighted by molar-refractivity contribution is -0.144. The van der Waals surface area contributed by atoms with E-state index >= 15 is 0 Å². The molecule has 1 aromatic carbocycles. The number of halogens is 2. The summed E-state index contributed by atoms with van der Waals surface area (Å²) in [7, 11) is 0. The van der Waals surface area contributed by atoms with Crippen molar-refractivity contribution in [3.8, 4) is 0 Å². The second-order valence-corrected chi connectivity index (χ2v) is 5.74. The molecule has 2 rings (SSSR count). The van der Waals surface area contributed by atoms with E-state index in [9.17, 15) is 14.7 Å². The minimum atomic E-state index is -2.02. The molecule has 0 saturated carbocycles. The van der Waals surface area contributed by atoms with E-state index in [0.29, 0.717) is 21.3 Å². The van der Waals surface area contributed by atoms with Crippen molar-refractivity contribution in [3.63, 3.8) is 0 Å². The summed E-state index contributed by atoms with van der Waals surface area (Å²) >= 11 is 11.7. The van der Waals surface area contributed by atoms with E-state index in [4.69, 9.17) is 23.2 Å². The van der Waals surface area contributed by atoms with Crippen LogP contribution in [0.1, 0.15) is 13.8 Å². The van der Waals surface area contributed by atoms with Crippen molar-refractivity contribution in [2.75, 3.05) is 5.32 Å². The number of hydrogen-bond donors (Lipinski definition) is 2. The molecule has 0 amide bonds. The minimum Gasteiger partial charge on any atom is -0.374 e. The minimum absolute atomic E-state index is 0.241. The van der Waals surface area contributed by atoms with Gasteiger partial charge in [-0.15, -0.1) is 0 Å². The molecule has 0 fully saturated rings. The smallest absolute Gasteiger partial charge is 0.203 e. The molecule has 0 saturated heterocycles. The number of anilines is 1. The third-order valence-electron chi connectivity index (χ3n) is 3.24. The van der Waals surface area contributed by atoms with Crippen molar-refractivity contribution < 1.29 is 14.7 Å². The Morgan fingerprint density at radius 2 is 1.90 bits per heavy atom. The van der Waals surface area contributed by atoms with Crippen LogP contribution in [0.4, 0.5) is 5.69 Å². The molecule has 0 radical (unpaired) electrons. The summed E-state index contributed by atoms with van der Waals surface area (Å²) in [6, 6.07) is 4.92. The molecule has 6 heteroatoms. The molecular weight excluding hydrogens is 313 g/mol. The number of nitrogens with one attached hydrogen (secondary N) is 1. The Labute approximate surface area is 132 Å². The largest absolute Gasteiger partial charge is 0.374 e. The second-order valence-electron chi connectivity index (χ2n) is 4.92. The Morgan fingerprint density at radius 1 is 1.24 bits per heavy atom. The highest BCUT2D eigenvalue weighted by molar-refractivity contribution is 6.42. The first-order valence-corrected chi connectivity index (χ1v) is 6.91. The maximum Gasteiger partial charge on any atom is 0.203 e. The molecule has 0 aliphatic heterocycles. The number of hydrogen-bond acceptors (Lipinski definition) is 4. The highest BCUT2D eigenvalue weighted by atomic mass is 35.5. The Bertz CT molecular complexity index is 690. The van der Waals surface area contributed by atoms with E-state index in [0.717, 1.165) is 0 Å². The number of ketones is 2. The average molecular weight is 326 g/mol. The van der Waals surface area contributed by atoms with Crippen LogP contribution < -0.4 is 5.32 Å². The highest BCUT2D eigenvalue weighted by Crippen LogP contribution is 2.28. The van der Waals surface area contributed by atoms with Crippen molar-refractivity contribution >= 4 is 40.5 Å². The maximum atomic E-state index is 12.1. The first-order chi connectivity index (χ1) is 9.73. The first kappa shape index (κ1) is 15.8. The van der Waals surface area contributed by atoms with Gasteiger partial charge in [-0.3, -0.25) is 9.59 Å². The first-order valence-electron chi connectivity index (χ1n) is 6.15. The van der Waals surface area contributed by atoms with Crippen LogP contribution in [0.2, 0.25) is 10.0 Å². The van der Waals surface area contributed by atoms with Crippen LogP contribution in [0.25, 0.3) is 0 Å². The lowest BCUT2D eigenvalue weighted by Gasteiger charge is -2.25.